The Hall–Kier alpha value is -2.09. The number of benzene rings is 2. The lowest BCUT2D eigenvalue weighted by Gasteiger charge is -2.33. The van der Waals surface area contributed by atoms with Crippen molar-refractivity contribution in [1.82, 2.24) is 0 Å². The maximum atomic E-state index is 11.8. The average molecular weight is 209 g/mol. The standard InChI is InChI=1S/C14H11NO/c16-14-12-8-4-5-9-13(12)15(14)10-11-6-2-1-3-7-11/h1-9H,10H2. The molecule has 0 radical (unpaired) electrons. The Kier molecular flexibility index (Phi) is 2.00. The first-order valence-corrected chi connectivity index (χ1v) is 5.31. The maximum absolute atomic E-state index is 11.8. The van der Waals surface area contributed by atoms with Gasteiger partial charge in [-0.05, 0) is 17.7 Å². The van der Waals surface area contributed by atoms with E-state index in [4.69, 9.17) is 0 Å². The van der Waals surface area contributed by atoms with E-state index in [0.29, 0.717) is 6.54 Å². The first-order valence-electron chi connectivity index (χ1n) is 5.31. The van der Waals surface area contributed by atoms with E-state index < -0.39 is 0 Å². The van der Waals surface area contributed by atoms with Crippen molar-refractivity contribution in [2.45, 2.75) is 6.54 Å². The molecule has 2 aromatic carbocycles. The Balaban J connectivity index is 1.88. The molecule has 78 valence electrons. The number of para-hydroxylation sites is 1. The van der Waals surface area contributed by atoms with Crippen LogP contribution in [0.2, 0.25) is 0 Å². The van der Waals surface area contributed by atoms with Gasteiger partial charge in [-0.1, -0.05) is 42.5 Å². The fourth-order valence-electron chi connectivity index (χ4n) is 2.01. The monoisotopic (exact) mass is 209 g/mol. The van der Waals surface area contributed by atoms with E-state index in [1.807, 2.05) is 59.5 Å². The van der Waals surface area contributed by atoms with E-state index in [2.05, 4.69) is 0 Å². The summed E-state index contributed by atoms with van der Waals surface area (Å²) >= 11 is 0. The average Bonchev–Trinajstić information content (AvgIpc) is 2.37. The zero-order valence-corrected chi connectivity index (χ0v) is 8.76. The summed E-state index contributed by atoms with van der Waals surface area (Å²) in [5.41, 5.74) is 3.03. The Morgan fingerprint density at radius 3 is 2.38 bits per heavy atom. The van der Waals surface area contributed by atoms with E-state index in [1.54, 1.807) is 0 Å². The Bertz CT molecular complexity index is 533. The number of amides is 1. The van der Waals surface area contributed by atoms with Gasteiger partial charge in [0.15, 0.2) is 0 Å². The van der Waals surface area contributed by atoms with Crippen molar-refractivity contribution in [2.75, 3.05) is 4.90 Å². The van der Waals surface area contributed by atoms with Crippen molar-refractivity contribution in [3.63, 3.8) is 0 Å². The zero-order chi connectivity index (χ0) is 11.0. The van der Waals surface area contributed by atoms with Crippen LogP contribution in [0.3, 0.4) is 0 Å². The molecule has 0 bridgehead atoms. The van der Waals surface area contributed by atoms with Gasteiger partial charge in [-0.2, -0.15) is 0 Å². The third kappa shape index (κ3) is 1.31. The number of hydrogen-bond acceptors (Lipinski definition) is 1. The summed E-state index contributed by atoms with van der Waals surface area (Å²) in [7, 11) is 0. The van der Waals surface area contributed by atoms with Crippen LogP contribution in [-0.2, 0) is 6.54 Å². The highest BCUT2D eigenvalue weighted by atomic mass is 16.2. The van der Waals surface area contributed by atoms with E-state index in [0.717, 1.165) is 16.8 Å². The number of carbonyl (C=O) groups excluding carboxylic acids is 1. The number of nitrogens with zero attached hydrogens (tertiary/aromatic N) is 1. The second kappa shape index (κ2) is 3.49. The van der Waals surface area contributed by atoms with E-state index >= 15 is 0 Å². The Morgan fingerprint density at radius 1 is 0.875 bits per heavy atom. The lowest BCUT2D eigenvalue weighted by atomic mass is 10.0. The first-order chi connectivity index (χ1) is 7.86. The summed E-state index contributed by atoms with van der Waals surface area (Å²) in [5.74, 6) is 0.124. The summed E-state index contributed by atoms with van der Waals surface area (Å²) in [6.45, 7) is 0.663. The molecule has 0 N–H and O–H groups in total. The van der Waals surface area contributed by atoms with Crippen LogP contribution in [-0.4, -0.2) is 5.91 Å². The van der Waals surface area contributed by atoms with Crippen LogP contribution < -0.4 is 4.90 Å². The lowest BCUT2D eigenvalue weighted by molar-refractivity contribution is 0.0964. The molecule has 0 fully saturated rings. The van der Waals surface area contributed by atoms with Crippen LogP contribution in [0.5, 0.6) is 0 Å². The van der Waals surface area contributed by atoms with Gasteiger partial charge in [0.05, 0.1) is 17.8 Å². The van der Waals surface area contributed by atoms with Crippen LogP contribution in [0.15, 0.2) is 54.6 Å². The second-order valence-corrected chi connectivity index (χ2v) is 3.89. The van der Waals surface area contributed by atoms with Crippen molar-refractivity contribution in [3.05, 3.63) is 65.7 Å². The zero-order valence-electron chi connectivity index (χ0n) is 8.76. The molecule has 2 aromatic rings. The van der Waals surface area contributed by atoms with E-state index in [9.17, 15) is 4.79 Å². The predicted octanol–water partition coefficient (Wildman–Crippen LogP) is 2.85. The molecule has 1 amide bonds. The van der Waals surface area contributed by atoms with Gasteiger partial charge in [-0.25, -0.2) is 0 Å². The molecule has 0 atom stereocenters. The minimum absolute atomic E-state index is 0.124. The minimum atomic E-state index is 0.124. The summed E-state index contributed by atoms with van der Waals surface area (Å²) in [4.78, 5) is 13.6. The van der Waals surface area contributed by atoms with Crippen LogP contribution >= 0.6 is 0 Å². The Labute approximate surface area is 94.1 Å². The fraction of sp³-hybridized carbons (Fsp3) is 0.0714. The van der Waals surface area contributed by atoms with Gasteiger partial charge >= 0.3 is 0 Å². The van der Waals surface area contributed by atoms with Crippen LogP contribution in [0.25, 0.3) is 0 Å². The molecule has 2 heteroatoms. The number of fused-ring (bicyclic) bond motifs is 1. The molecule has 1 aliphatic rings. The smallest absolute Gasteiger partial charge is 0.260 e. The molecule has 1 heterocycles. The van der Waals surface area contributed by atoms with Crippen LogP contribution in [0.4, 0.5) is 5.69 Å². The van der Waals surface area contributed by atoms with Gasteiger partial charge in [0.25, 0.3) is 5.91 Å². The number of carbonyl (C=O) groups is 1. The number of hydrogen-bond donors (Lipinski definition) is 0. The minimum Gasteiger partial charge on any atom is -0.303 e. The molecule has 1 aliphatic heterocycles. The van der Waals surface area contributed by atoms with Gasteiger partial charge < -0.3 is 4.90 Å². The summed E-state index contributed by atoms with van der Waals surface area (Å²) in [6.07, 6.45) is 0. The van der Waals surface area contributed by atoms with Gasteiger partial charge in [0.2, 0.25) is 0 Å². The molecule has 0 spiro atoms. The SMILES string of the molecule is O=C1c2ccccc2N1Cc1ccccc1. The maximum Gasteiger partial charge on any atom is 0.260 e. The van der Waals surface area contributed by atoms with Gasteiger partial charge in [-0.15, -0.1) is 0 Å². The summed E-state index contributed by atoms with van der Waals surface area (Å²) in [6, 6.07) is 17.8. The van der Waals surface area contributed by atoms with Crippen molar-refractivity contribution < 1.29 is 4.79 Å². The quantitative estimate of drug-likeness (QED) is 0.744. The van der Waals surface area contributed by atoms with Crippen molar-refractivity contribution in [2.24, 2.45) is 0 Å². The van der Waals surface area contributed by atoms with Crippen LogP contribution in [0, 0.1) is 0 Å². The van der Waals surface area contributed by atoms with E-state index in [1.165, 1.54) is 0 Å². The largest absolute Gasteiger partial charge is 0.303 e. The predicted molar refractivity (Wildman–Crippen MR) is 63.4 cm³/mol. The van der Waals surface area contributed by atoms with Crippen molar-refractivity contribution in [1.29, 1.82) is 0 Å². The molecule has 0 aromatic heterocycles. The van der Waals surface area contributed by atoms with Gasteiger partial charge in [0.1, 0.15) is 0 Å². The summed E-state index contributed by atoms with van der Waals surface area (Å²) < 4.78 is 0. The second-order valence-electron chi connectivity index (χ2n) is 3.89. The number of rotatable bonds is 2. The fourth-order valence-corrected chi connectivity index (χ4v) is 2.01. The van der Waals surface area contributed by atoms with Gasteiger partial charge in [0, 0.05) is 0 Å². The number of anilines is 1. The first kappa shape index (κ1) is 9.16. The highest BCUT2D eigenvalue weighted by Gasteiger charge is 2.31. The van der Waals surface area contributed by atoms with Gasteiger partial charge in [-0.3, -0.25) is 4.79 Å². The van der Waals surface area contributed by atoms with Crippen molar-refractivity contribution in [3.8, 4) is 0 Å². The highest BCUT2D eigenvalue weighted by molar-refractivity contribution is 6.19. The molecular weight excluding hydrogens is 198 g/mol. The lowest BCUT2D eigenvalue weighted by Crippen LogP contribution is -2.40. The molecule has 0 aliphatic carbocycles. The van der Waals surface area contributed by atoms with Crippen LogP contribution in [0.1, 0.15) is 15.9 Å². The topological polar surface area (TPSA) is 20.3 Å². The molecule has 2 nitrogen and oxygen atoms in total. The molecular formula is C14H11NO. The normalized spacial score (nSPS) is 13.2. The molecule has 3 rings (SSSR count). The molecule has 0 saturated heterocycles. The van der Waals surface area contributed by atoms with Crippen molar-refractivity contribution >= 4 is 11.6 Å². The third-order valence-corrected chi connectivity index (χ3v) is 2.85. The Morgan fingerprint density at radius 2 is 1.56 bits per heavy atom. The van der Waals surface area contributed by atoms with E-state index in [-0.39, 0.29) is 5.91 Å². The third-order valence-electron chi connectivity index (χ3n) is 2.85. The molecule has 0 unspecified atom stereocenters. The molecule has 0 saturated carbocycles. The summed E-state index contributed by atoms with van der Waals surface area (Å²) in [5, 5.41) is 0. The highest BCUT2D eigenvalue weighted by Crippen LogP contribution is 2.33. The molecule has 16 heavy (non-hydrogen) atoms.